The van der Waals surface area contributed by atoms with Gasteiger partial charge in [0.05, 0.1) is 5.92 Å². The molecular weight excluding hydrogens is 216 g/mol. The molecule has 0 saturated heterocycles. The molecule has 0 spiro atoms. The maximum Gasteiger partial charge on any atom is 0.257 e. The molecule has 4 rings (SSSR count). The maximum absolute atomic E-state index is 12.0. The zero-order valence-corrected chi connectivity index (χ0v) is 9.17. The SMILES string of the molecule is O=C1NC2C(c3c1ccc[n+]3[O-])[C@H]1C=C[C@@H]2C1. The van der Waals surface area contributed by atoms with E-state index in [2.05, 4.69) is 17.5 Å². The molecule has 1 fully saturated rings. The molecule has 0 radical (unpaired) electrons. The summed E-state index contributed by atoms with van der Waals surface area (Å²) in [6.45, 7) is 0. The molecule has 1 saturated carbocycles. The number of pyridine rings is 1. The molecule has 0 aromatic carbocycles. The van der Waals surface area contributed by atoms with E-state index in [9.17, 15) is 10.0 Å². The van der Waals surface area contributed by atoms with Crippen molar-refractivity contribution < 1.29 is 9.52 Å². The third kappa shape index (κ3) is 1.03. The van der Waals surface area contributed by atoms with Crippen LogP contribution in [0.4, 0.5) is 0 Å². The summed E-state index contributed by atoms with van der Waals surface area (Å²) in [5.74, 6) is 0.873. The van der Waals surface area contributed by atoms with E-state index in [1.807, 2.05) is 0 Å². The number of carbonyl (C=O) groups excluding carboxylic acids is 1. The first-order valence-corrected chi connectivity index (χ1v) is 5.97. The van der Waals surface area contributed by atoms with Gasteiger partial charge in [-0.05, 0) is 24.3 Å². The van der Waals surface area contributed by atoms with Crippen LogP contribution in [0.5, 0.6) is 0 Å². The van der Waals surface area contributed by atoms with E-state index in [1.54, 1.807) is 12.1 Å². The van der Waals surface area contributed by atoms with Gasteiger partial charge in [0.15, 0.2) is 6.20 Å². The molecular formula is C13H12N2O2. The third-order valence-electron chi connectivity index (χ3n) is 4.32. The zero-order chi connectivity index (χ0) is 11.6. The van der Waals surface area contributed by atoms with Crippen molar-refractivity contribution >= 4 is 5.91 Å². The van der Waals surface area contributed by atoms with Crippen LogP contribution < -0.4 is 10.0 Å². The summed E-state index contributed by atoms with van der Waals surface area (Å²) >= 11 is 0. The van der Waals surface area contributed by atoms with E-state index < -0.39 is 0 Å². The Hall–Kier alpha value is -1.84. The van der Waals surface area contributed by atoms with Crippen LogP contribution in [0.15, 0.2) is 30.5 Å². The summed E-state index contributed by atoms with van der Waals surface area (Å²) in [5, 5.41) is 15.0. The van der Waals surface area contributed by atoms with E-state index >= 15 is 0 Å². The molecule has 1 N–H and O–H groups in total. The summed E-state index contributed by atoms with van der Waals surface area (Å²) in [7, 11) is 0. The van der Waals surface area contributed by atoms with Crippen LogP contribution in [0.25, 0.3) is 0 Å². The number of nitrogens with zero attached hydrogens (tertiary/aromatic N) is 1. The lowest BCUT2D eigenvalue weighted by atomic mass is 9.81. The number of hydrogen-bond acceptors (Lipinski definition) is 2. The molecule has 1 aliphatic heterocycles. The van der Waals surface area contributed by atoms with Crippen LogP contribution >= 0.6 is 0 Å². The second-order valence-electron chi connectivity index (χ2n) is 5.11. The van der Waals surface area contributed by atoms with Gasteiger partial charge in [-0.25, -0.2) is 0 Å². The van der Waals surface area contributed by atoms with Gasteiger partial charge in [-0.15, -0.1) is 0 Å². The lowest BCUT2D eigenvalue weighted by Crippen LogP contribution is -2.51. The van der Waals surface area contributed by atoms with Crippen LogP contribution in [0.2, 0.25) is 0 Å². The third-order valence-corrected chi connectivity index (χ3v) is 4.32. The van der Waals surface area contributed by atoms with Crippen molar-refractivity contribution in [2.45, 2.75) is 18.4 Å². The Kier molecular flexibility index (Phi) is 1.56. The van der Waals surface area contributed by atoms with Gasteiger partial charge in [0.2, 0.25) is 5.69 Å². The molecule has 2 aliphatic carbocycles. The van der Waals surface area contributed by atoms with Crippen molar-refractivity contribution in [2.75, 3.05) is 0 Å². The molecule has 4 heteroatoms. The van der Waals surface area contributed by atoms with Crippen LogP contribution in [0.1, 0.15) is 28.4 Å². The highest BCUT2D eigenvalue weighted by molar-refractivity contribution is 5.96. The Morgan fingerprint density at radius 1 is 1.35 bits per heavy atom. The number of aromatic nitrogens is 1. The highest BCUT2D eigenvalue weighted by atomic mass is 16.5. The normalized spacial score (nSPS) is 36.6. The Bertz CT molecular complexity index is 552. The Morgan fingerprint density at radius 2 is 2.18 bits per heavy atom. The Morgan fingerprint density at radius 3 is 3.06 bits per heavy atom. The van der Waals surface area contributed by atoms with Crippen molar-refractivity contribution in [3.8, 4) is 0 Å². The minimum atomic E-state index is -0.104. The monoisotopic (exact) mass is 228 g/mol. The average Bonchev–Trinajstić information content (AvgIpc) is 2.90. The largest absolute Gasteiger partial charge is 0.618 e. The van der Waals surface area contributed by atoms with Gasteiger partial charge in [-0.3, -0.25) is 4.79 Å². The molecule has 1 aromatic heterocycles. The molecule has 4 atom stereocenters. The number of hydrogen-bond donors (Lipinski definition) is 1. The molecule has 17 heavy (non-hydrogen) atoms. The molecule has 1 amide bonds. The Labute approximate surface area is 98.5 Å². The van der Waals surface area contributed by atoms with Crippen LogP contribution in [-0.4, -0.2) is 11.9 Å². The van der Waals surface area contributed by atoms with Crippen LogP contribution in [0, 0.1) is 17.0 Å². The van der Waals surface area contributed by atoms with Gasteiger partial charge < -0.3 is 10.5 Å². The number of rotatable bonds is 0. The lowest BCUT2D eigenvalue weighted by molar-refractivity contribution is -0.616. The maximum atomic E-state index is 12.0. The first-order valence-electron chi connectivity index (χ1n) is 5.97. The summed E-state index contributed by atoms with van der Waals surface area (Å²) in [4.78, 5) is 12.0. The molecule has 3 aliphatic rings. The minimum Gasteiger partial charge on any atom is -0.618 e. The van der Waals surface area contributed by atoms with Crippen LogP contribution in [0.3, 0.4) is 0 Å². The van der Waals surface area contributed by atoms with Gasteiger partial charge >= 0.3 is 0 Å². The molecule has 2 bridgehead atoms. The fraction of sp³-hybridized carbons (Fsp3) is 0.385. The summed E-state index contributed by atoms with van der Waals surface area (Å²) in [6, 6.07) is 3.49. The first kappa shape index (κ1) is 9.22. The van der Waals surface area contributed by atoms with Crippen molar-refractivity contribution in [3.63, 3.8) is 0 Å². The average molecular weight is 228 g/mol. The minimum absolute atomic E-state index is 0.104. The molecule has 86 valence electrons. The van der Waals surface area contributed by atoms with E-state index in [0.29, 0.717) is 23.1 Å². The number of fused-ring (bicyclic) bond motifs is 7. The first-order chi connectivity index (χ1) is 8.25. The van der Waals surface area contributed by atoms with Crippen molar-refractivity contribution in [2.24, 2.45) is 11.8 Å². The smallest absolute Gasteiger partial charge is 0.257 e. The fourth-order valence-corrected chi connectivity index (χ4v) is 3.64. The number of amides is 1. The number of carbonyl (C=O) groups is 1. The van der Waals surface area contributed by atoms with Crippen molar-refractivity contribution in [1.82, 2.24) is 5.32 Å². The number of allylic oxidation sites excluding steroid dienone is 1. The predicted molar refractivity (Wildman–Crippen MR) is 60.1 cm³/mol. The summed E-state index contributed by atoms with van der Waals surface area (Å²) < 4.78 is 0.875. The molecule has 1 aromatic rings. The van der Waals surface area contributed by atoms with Gasteiger partial charge in [0.1, 0.15) is 5.56 Å². The second-order valence-corrected chi connectivity index (χ2v) is 5.11. The van der Waals surface area contributed by atoms with E-state index in [4.69, 9.17) is 0 Å². The van der Waals surface area contributed by atoms with Gasteiger partial charge in [0, 0.05) is 12.1 Å². The second kappa shape index (κ2) is 2.88. The molecule has 4 nitrogen and oxygen atoms in total. The van der Waals surface area contributed by atoms with Gasteiger partial charge in [0.25, 0.3) is 5.91 Å². The standard InChI is InChI=1S/C13H12N2O2/c16-13-9-2-1-5-15(17)12(9)10-7-3-4-8(6-7)11(10)14-13/h1-5,7-8,10-11H,6H2,(H,14,16)/t7-,8+,10?,11?/m0/s1. The predicted octanol–water partition coefficient (Wildman–Crippen LogP) is 0.722. The van der Waals surface area contributed by atoms with E-state index in [0.717, 1.165) is 11.2 Å². The lowest BCUT2D eigenvalue weighted by Gasteiger charge is -2.32. The van der Waals surface area contributed by atoms with Gasteiger partial charge in [-0.1, -0.05) is 12.2 Å². The van der Waals surface area contributed by atoms with Gasteiger partial charge in [-0.2, -0.15) is 4.73 Å². The quantitative estimate of drug-likeness (QED) is 0.404. The fourth-order valence-electron chi connectivity index (χ4n) is 3.64. The van der Waals surface area contributed by atoms with Crippen LogP contribution in [-0.2, 0) is 0 Å². The topological polar surface area (TPSA) is 56.0 Å². The van der Waals surface area contributed by atoms with E-state index in [-0.39, 0.29) is 17.9 Å². The van der Waals surface area contributed by atoms with Crippen molar-refractivity contribution in [1.29, 1.82) is 0 Å². The summed E-state index contributed by atoms with van der Waals surface area (Å²) in [6.07, 6.45) is 6.92. The highest BCUT2D eigenvalue weighted by Crippen LogP contribution is 2.50. The molecule has 2 heterocycles. The number of nitrogens with one attached hydrogen (secondary N) is 1. The Balaban J connectivity index is 1.95. The molecule has 2 unspecified atom stereocenters. The van der Waals surface area contributed by atoms with E-state index in [1.165, 1.54) is 6.20 Å². The zero-order valence-electron chi connectivity index (χ0n) is 9.17. The summed E-state index contributed by atoms with van der Waals surface area (Å²) in [5.41, 5.74) is 1.21. The highest BCUT2D eigenvalue weighted by Gasteiger charge is 2.53. The van der Waals surface area contributed by atoms with Crippen molar-refractivity contribution in [3.05, 3.63) is 46.9 Å².